The van der Waals surface area contributed by atoms with Crippen molar-refractivity contribution in [1.82, 2.24) is 4.90 Å². The maximum Gasteiger partial charge on any atom is 0.295 e. The van der Waals surface area contributed by atoms with E-state index in [-0.39, 0.29) is 28.9 Å². The summed E-state index contributed by atoms with van der Waals surface area (Å²) in [6.45, 7) is -0.677. The Kier molecular flexibility index (Phi) is 5.43. The smallest absolute Gasteiger partial charge is 0.295 e. The van der Waals surface area contributed by atoms with Crippen molar-refractivity contribution in [1.29, 1.82) is 0 Å². The minimum Gasteiger partial charge on any atom is -0.507 e. The van der Waals surface area contributed by atoms with Crippen LogP contribution < -0.4 is 0 Å². The molecule has 2 N–H and O–H groups in total. The Morgan fingerprint density at radius 1 is 1.14 bits per heavy atom. The van der Waals surface area contributed by atoms with Crippen LogP contribution in [0.4, 0.5) is 5.69 Å². The summed E-state index contributed by atoms with van der Waals surface area (Å²) in [5.74, 6) is -2.41. The van der Waals surface area contributed by atoms with Gasteiger partial charge in [-0.3, -0.25) is 19.7 Å². The molecule has 0 radical (unpaired) electrons. The lowest BCUT2D eigenvalue weighted by atomic mass is 9.94. The number of β-amino-alcohol motifs (C(OH)–C–C–N with tert-alkyl or cyclic N) is 1. The molecule has 0 aliphatic carbocycles. The van der Waals surface area contributed by atoms with Crippen LogP contribution in [0.25, 0.3) is 5.76 Å². The number of likely N-dealkylation sites (tertiary alicyclic amines) is 1. The number of halogens is 1. The minimum absolute atomic E-state index is 0.0654. The molecule has 28 heavy (non-hydrogen) atoms. The highest BCUT2D eigenvalue weighted by Gasteiger charge is 2.47. The van der Waals surface area contributed by atoms with Crippen LogP contribution in [0.5, 0.6) is 0 Å². The molecule has 8 nitrogen and oxygen atoms in total. The van der Waals surface area contributed by atoms with E-state index in [1.807, 2.05) is 0 Å². The van der Waals surface area contributed by atoms with Gasteiger partial charge in [0.2, 0.25) is 0 Å². The molecule has 1 heterocycles. The second-order valence-corrected chi connectivity index (χ2v) is 6.48. The maximum atomic E-state index is 12.7. The third kappa shape index (κ3) is 3.35. The topological polar surface area (TPSA) is 121 Å². The number of rotatable bonds is 5. The summed E-state index contributed by atoms with van der Waals surface area (Å²) in [6.07, 6.45) is 0. The SMILES string of the molecule is O=C1C(=O)N(CCO)[C@@H](c2ccccc2[N+](=O)[O-])/C1=C(\O)c1ccc(Cl)cc1. The third-order valence-corrected chi connectivity index (χ3v) is 4.68. The number of hydrogen-bond acceptors (Lipinski definition) is 6. The van der Waals surface area contributed by atoms with Crippen molar-refractivity contribution >= 4 is 34.7 Å². The summed E-state index contributed by atoms with van der Waals surface area (Å²) in [5.41, 5.74) is -0.292. The number of carbonyl (C=O) groups is 2. The first kappa shape index (κ1) is 19.5. The monoisotopic (exact) mass is 402 g/mol. The maximum absolute atomic E-state index is 12.7. The van der Waals surface area contributed by atoms with Gasteiger partial charge in [0.25, 0.3) is 17.4 Å². The van der Waals surface area contributed by atoms with E-state index >= 15 is 0 Å². The Bertz CT molecular complexity index is 986. The van der Waals surface area contributed by atoms with Crippen LogP contribution >= 0.6 is 11.6 Å². The van der Waals surface area contributed by atoms with Gasteiger partial charge in [-0.1, -0.05) is 23.7 Å². The lowest BCUT2D eigenvalue weighted by Crippen LogP contribution is -2.32. The summed E-state index contributed by atoms with van der Waals surface area (Å²) in [5, 5.41) is 31.9. The van der Waals surface area contributed by atoms with Gasteiger partial charge in [-0.15, -0.1) is 0 Å². The van der Waals surface area contributed by atoms with Crippen molar-refractivity contribution in [2.75, 3.05) is 13.2 Å². The van der Waals surface area contributed by atoms with Gasteiger partial charge in [0.05, 0.1) is 28.7 Å². The number of para-hydroxylation sites is 1. The average Bonchev–Trinajstić information content (AvgIpc) is 2.93. The first-order valence-electron chi connectivity index (χ1n) is 8.25. The Hall–Kier alpha value is -3.23. The van der Waals surface area contributed by atoms with E-state index in [1.54, 1.807) is 0 Å². The second-order valence-electron chi connectivity index (χ2n) is 6.04. The number of nitro benzene ring substituents is 1. The van der Waals surface area contributed by atoms with Gasteiger partial charge in [0.1, 0.15) is 5.76 Å². The van der Waals surface area contributed by atoms with Crippen LogP contribution in [-0.2, 0) is 9.59 Å². The number of aliphatic hydroxyl groups is 2. The lowest BCUT2D eigenvalue weighted by molar-refractivity contribution is -0.385. The van der Waals surface area contributed by atoms with E-state index < -0.39 is 35.0 Å². The standard InChI is InChI=1S/C19H15ClN2O6/c20-12-7-5-11(6-8-12)17(24)15-16(21(9-10-23)19(26)18(15)25)13-3-1-2-4-14(13)22(27)28/h1-8,16,23-24H,9-10H2/b17-15+/t16-/m0/s1. The zero-order valence-corrected chi connectivity index (χ0v) is 15.2. The fourth-order valence-electron chi connectivity index (χ4n) is 3.19. The lowest BCUT2D eigenvalue weighted by Gasteiger charge is -2.24. The normalized spacial score (nSPS) is 18.5. The van der Waals surface area contributed by atoms with E-state index in [2.05, 4.69) is 0 Å². The molecule has 2 aromatic carbocycles. The Morgan fingerprint density at radius 3 is 2.39 bits per heavy atom. The summed E-state index contributed by atoms with van der Waals surface area (Å²) in [7, 11) is 0. The number of hydrogen-bond donors (Lipinski definition) is 2. The number of amides is 1. The van der Waals surface area contributed by atoms with E-state index in [9.17, 15) is 29.9 Å². The number of benzene rings is 2. The number of nitro groups is 1. The molecule has 0 spiro atoms. The predicted octanol–water partition coefficient (Wildman–Crippen LogP) is 2.66. The fraction of sp³-hybridized carbons (Fsp3) is 0.158. The number of nitrogens with zero attached hydrogens (tertiary/aromatic N) is 2. The molecule has 144 valence electrons. The molecular formula is C19H15ClN2O6. The molecule has 0 bridgehead atoms. The van der Waals surface area contributed by atoms with Crippen LogP contribution in [0.3, 0.4) is 0 Å². The molecule has 0 saturated carbocycles. The molecule has 1 aliphatic rings. The Morgan fingerprint density at radius 2 is 1.79 bits per heavy atom. The van der Waals surface area contributed by atoms with Crippen molar-refractivity contribution in [3.8, 4) is 0 Å². The Labute approximate surface area is 164 Å². The van der Waals surface area contributed by atoms with Crippen molar-refractivity contribution in [3.05, 3.63) is 80.4 Å². The average molecular weight is 403 g/mol. The number of ketones is 1. The zero-order valence-electron chi connectivity index (χ0n) is 14.4. The number of aliphatic hydroxyl groups excluding tert-OH is 2. The van der Waals surface area contributed by atoms with Crippen LogP contribution in [0, 0.1) is 10.1 Å². The highest BCUT2D eigenvalue weighted by Crippen LogP contribution is 2.42. The van der Waals surface area contributed by atoms with Crippen molar-refractivity contribution in [2.24, 2.45) is 0 Å². The number of Topliss-reactive ketones (excluding diaryl/α,β-unsaturated/α-hetero) is 1. The van der Waals surface area contributed by atoms with Gasteiger partial charge in [0.15, 0.2) is 0 Å². The minimum atomic E-state index is -1.20. The molecule has 1 saturated heterocycles. The van der Waals surface area contributed by atoms with Crippen molar-refractivity contribution in [3.63, 3.8) is 0 Å². The molecule has 0 aromatic heterocycles. The summed E-state index contributed by atoms with van der Waals surface area (Å²) in [4.78, 5) is 37.0. The van der Waals surface area contributed by atoms with Crippen molar-refractivity contribution in [2.45, 2.75) is 6.04 Å². The molecule has 0 unspecified atom stereocenters. The summed E-state index contributed by atoms with van der Waals surface area (Å²) in [6, 6.07) is 10.4. The molecule has 1 amide bonds. The van der Waals surface area contributed by atoms with Gasteiger partial charge in [-0.25, -0.2) is 0 Å². The first-order chi connectivity index (χ1) is 13.4. The fourth-order valence-corrected chi connectivity index (χ4v) is 3.32. The highest BCUT2D eigenvalue weighted by molar-refractivity contribution is 6.46. The molecule has 1 fully saturated rings. The largest absolute Gasteiger partial charge is 0.507 e. The highest BCUT2D eigenvalue weighted by atomic mass is 35.5. The van der Waals surface area contributed by atoms with Crippen LogP contribution in [0.2, 0.25) is 5.02 Å². The summed E-state index contributed by atoms with van der Waals surface area (Å²) >= 11 is 5.84. The third-order valence-electron chi connectivity index (χ3n) is 4.43. The second kappa shape index (κ2) is 7.79. The van der Waals surface area contributed by atoms with Crippen LogP contribution in [0.15, 0.2) is 54.1 Å². The zero-order chi connectivity index (χ0) is 20.4. The van der Waals surface area contributed by atoms with E-state index in [0.717, 1.165) is 4.90 Å². The molecule has 9 heteroatoms. The predicted molar refractivity (Wildman–Crippen MR) is 101 cm³/mol. The molecule has 3 rings (SSSR count). The van der Waals surface area contributed by atoms with Gasteiger partial charge in [0, 0.05) is 23.2 Å². The van der Waals surface area contributed by atoms with Gasteiger partial charge < -0.3 is 15.1 Å². The van der Waals surface area contributed by atoms with E-state index in [1.165, 1.54) is 48.5 Å². The van der Waals surface area contributed by atoms with Gasteiger partial charge >= 0.3 is 0 Å². The van der Waals surface area contributed by atoms with Crippen LogP contribution in [-0.4, -0.2) is 44.9 Å². The summed E-state index contributed by atoms with van der Waals surface area (Å²) < 4.78 is 0. The van der Waals surface area contributed by atoms with E-state index in [0.29, 0.717) is 5.02 Å². The molecule has 1 atom stereocenters. The van der Waals surface area contributed by atoms with Crippen molar-refractivity contribution < 1.29 is 24.7 Å². The first-order valence-corrected chi connectivity index (χ1v) is 8.63. The Balaban J connectivity index is 2.26. The van der Waals surface area contributed by atoms with Gasteiger partial charge in [-0.05, 0) is 30.3 Å². The molecule has 2 aromatic rings. The van der Waals surface area contributed by atoms with Gasteiger partial charge in [-0.2, -0.15) is 0 Å². The number of carbonyl (C=O) groups excluding carboxylic acids is 2. The van der Waals surface area contributed by atoms with E-state index in [4.69, 9.17) is 11.6 Å². The molecular weight excluding hydrogens is 388 g/mol. The molecule has 1 aliphatic heterocycles. The van der Waals surface area contributed by atoms with Crippen LogP contribution in [0.1, 0.15) is 17.2 Å². The quantitative estimate of drug-likeness (QED) is 0.261.